The van der Waals surface area contributed by atoms with Crippen LogP contribution in [0.2, 0.25) is 0 Å². The van der Waals surface area contributed by atoms with Crippen LogP contribution < -0.4 is 10.2 Å². The summed E-state index contributed by atoms with van der Waals surface area (Å²) in [7, 11) is 4.08. The molecule has 0 aliphatic carbocycles. The molecule has 230 valence electrons. The molecule has 42 heavy (non-hydrogen) atoms. The molecule has 4 rings (SSSR count). The smallest absolute Gasteiger partial charge is 0.153 e. The molecule has 2 aromatic rings. The van der Waals surface area contributed by atoms with Crippen molar-refractivity contribution in [1.29, 1.82) is 0 Å². The highest BCUT2D eigenvalue weighted by atomic mass is 16.5. The Labute approximate surface area is 252 Å². The van der Waals surface area contributed by atoms with Gasteiger partial charge in [0.25, 0.3) is 0 Å². The highest BCUT2D eigenvalue weighted by Crippen LogP contribution is 2.25. The fourth-order valence-electron chi connectivity index (χ4n) is 4.49. The van der Waals surface area contributed by atoms with Crippen molar-refractivity contribution in [3.63, 3.8) is 0 Å². The lowest BCUT2D eigenvalue weighted by atomic mass is 10.0. The molecule has 0 radical (unpaired) electrons. The first-order valence-corrected chi connectivity index (χ1v) is 14.7. The number of anilines is 1. The second kappa shape index (κ2) is 18.2. The lowest BCUT2D eigenvalue weighted by Gasteiger charge is -2.33. The van der Waals surface area contributed by atoms with Crippen molar-refractivity contribution in [1.82, 2.24) is 25.0 Å². The Morgan fingerprint density at radius 2 is 1.81 bits per heavy atom. The van der Waals surface area contributed by atoms with Gasteiger partial charge in [0.2, 0.25) is 0 Å². The summed E-state index contributed by atoms with van der Waals surface area (Å²) in [5.74, 6) is 1.12. The van der Waals surface area contributed by atoms with E-state index >= 15 is 0 Å². The van der Waals surface area contributed by atoms with E-state index < -0.39 is 0 Å². The first-order valence-electron chi connectivity index (χ1n) is 14.7. The molecule has 9 heteroatoms. The van der Waals surface area contributed by atoms with Gasteiger partial charge in [0.1, 0.15) is 12.1 Å². The second-order valence-corrected chi connectivity index (χ2v) is 10.9. The van der Waals surface area contributed by atoms with E-state index in [4.69, 9.17) is 4.74 Å². The minimum Gasteiger partial charge on any atom is -0.381 e. The predicted molar refractivity (Wildman–Crippen MR) is 171 cm³/mol. The van der Waals surface area contributed by atoms with Crippen molar-refractivity contribution < 1.29 is 14.3 Å². The first-order chi connectivity index (χ1) is 20.1. The number of carbonyl (C=O) groups excluding carboxylic acids is 2. The van der Waals surface area contributed by atoms with Crippen LogP contribution >= 0.6 is 0 Å². The van der Waals surface area contributed by atoms with Crippen molar-refractivity contribution in [3.05, 3.63) is 77.3 Å². The number of nitrogens with one attached hydrogen (secondary N) is 1. The summed E-state index contributed by atoms with van der Waals surface area (Å²) in [4.78, 5) is 30.5. The number of nitrogens with zero attached hydrogens (tertiary/aromatic N) is 5. The Balaban J connectivity index is 0.000000243. The summed E-state index contributed by atoms with van der Waals surface area (Å²) in [6.07, 6.45) is 7.61. The molecule has 0 bridgehead atoms. The Hall–Kier alpha value is -3.40. The van der Waals surface area contributed by atoms with Gasteiger partial charge in [-0.1, -0.05) is 30.9 Å². The molecule has 2 fully saturated rings. The zero-order valence-electron chi connectivity index (χ0n) is 26.4. The van der Waals surface area contributed by atoms with Crippen LogP contribution in [0.5, 0.6) is 0 Å². The summed E-state index contributed by atoms with van der Waals surface area (Å²) < 4.78 is 7.39. The fraction of sp³-hybridized carbons (Fsp3) is 0.515. The molecular formula is C33H50N6O3. The molecule has 1 N–H and O–H groups in total. The van der Waals surface area contributed by atoms with Crippen LogP contribution in [0.4, 0.5) is 5.82 Å². The standard InChI is InChI=1S/C15H23N3O2.C11H17N3.C7H10O/c1-11(12(2)16-3)8-15-13(10-19)9-17-18(15)14-4-6-20-7-5-14;1-10-4-3-5-11(12-10)14-8-6-13(2)7-9-14;1-4-6(2)7(3)5-8/h9-10,12,14,16H,1,4-8H2,2-3H3;3-5H,6-9H2,1-2H3;4-5H,1H2,2-3H3/b;;7-6+. The highest BCUT2D eigenvalue weighted by Gasteiger charge is 2.22. The van der Waals surface area contributed by atoms with Gasteiger partial charge in [-0.25, -0.2) is 4.98 Å². The van der Waals surface area contributed by atoms with Gasteiger partial charge in [-0.2, -0.15) is 5.10 Å². The van der Waals surface area contributed by atoms with Crippen LogP contribution in [0.1, 0.15) is 61.4 Å². The SMILES string of the molecule is C=C(Cc1c(C=O)cnn1C1CCOCC1)C(C)NC.C=C/C(C)=C(\C)C=O.Cc1cccc(N2CCN(C)CC2)n1. The Morgan fingerprint density at radius 1 is 1.14 bits per heavy atom. The number of hydrogen-bond acceptors (Lipinski definition) is 8. The number of rotatable bonds is 9. The van der Waals surface area contributed by atoms with E-state index in [1.807, 2.05) is 31.6 Å². The molecule has 2 aliphatic rings. The summed E-state index contributed by atoms with van der Waals surface area (Å²) in [5.41, 5.74) is 5.49. The molecule has 0 amide bonds. The summed E-state index contributed by atoms with van der Waals surface area (Å²) in [5, 5.41) is 7.59. The van der Waals surface area contributed by atoms with Crippen LogP contribution in [0.25, 0.3) is 0 Å². The van der Waals surface area contributed by atoms with Crippen molar-refractivity contribution >= 4 is 18.4 Å². The lowest BCUT2D eigenvalue weighted by Crippen LogP contribution is -2.44. The zero-order chi connectivity index (χ0) is 31.1. The summed E-state index contributed by atoms with van der Waals surface area (Å²) >= 11 is 0. The largest absolute Gasteiger partial charge is 0.381 e. The van der Waals surface area contributed by atoms with E-state index in [1.165, 1.54) is 0 Å². The molecule has 2 aromatic heterocycles. The topological polar surface area (TPSA) is 92.6 Å². The number of aromatic nitrogens is 3. The van der Waals surface area contributed by atoms with E-state index in [-0.39, 0.29) is 6.04 Å². The second-order valence-electron chi connectivity index (χ2n) is 10.9. The van der Waals surface area contributed by atoms with Crippen LogP contribution in [0, 0.1) is 6.92 Å². The highest BCUT2D eigenvalue weighted by molar-refractivity contribution is 5.76. The van der Waals surface area contributed by atoms with Crippen molar-refractivity contribution in [2.24, 2.45) is 0 Å². The molecular weight excluding hydrogens is 528 g/mol. The quantitative estimate of drug-likeness (QED) is 0.200. The van der Waals surface area contributed by atoms with Crippen molar-refractivity contribution in [2.75, 3.05) is 58.4 Å². The van der Waals surface area contributed by atoms with Gasteiger partial charge in [0.05, 0.1) is 23.5 Å². The molecule has 0 spiro atoms. The third-order valence-electron chi connectivity index (χ3n) is 7.84. The Kier molecular flexibility index (Phi) is 15.1. The number of aryl methyl sites for hydroxylation is 1. The molecule has 9 nitrogen and oxygen atoms in total. The number of carbonyl (C=O) groups is 2. The fourth-order valence-corrected chi connectivity index (χ4v) is 4.49. The number of likely N-dealkylation sites (N-methyl/N-ethyl adjacent to an activating group) is 2. The number of hydrogen-bond donors (Lipinski definition) is 1. The van der Waals surface area contributed by atoms with E-state index in [2.05, 4.69) is 64.5 Å². The zero-order valence-corrected chi connectivity index (χ0v) is 26.4. The van der Waals surface area contributed by atoms with Crippen molar-refractivity contribution in [2.45, 2.75) is 59.0 Å². The van der Waals surface area contributed by atoms with Gasteiger partial charge >= 0.3 is 0 Å². The van der Waals surface area contributed by atoms with E-state index in [1.54, 1.807) is 19.2 Å². The maximum atomic E-state index is 11.2. The van der Waals surface area contributed by atoms with Gasteiger partial charge in [0, 0.05) is 57.5 Å². The minimum atomic E-state index is 0.215. The molecule has 4 heterocycles. The van der Waals surface area contributed by atoms with Crippen LogP contribution in [-0.2, 0) is 16.0 Å². The maximum absolute atomic E-state index is 11.2. The molecule has 2 aliphatic heterocycles. The Bertz CT molecular complexity index is 1170. The van der Waals surface area contributed by atoms with E-state index in [0.717, 1.165) is 98.7 Å². The van der Waals surface area contributed by atoms with Gasteiger partial charge in [-0.05, 0) is 77.9 Å². The van der Waals surface area contributed by atoms with Crippen molar-refractivity contribution in [3.8, 4) is 0 Å². The third kappa shape index (κ3) is 10.8. The van der Waals surface area contributed by atoms with Gasteiger partial charge in [0.15, 0.2) is 6.29 Å². The van der Waals surface area contributed by atoms with Gasteiger partial charge < -0.3 is 19.9 Å². The maximum Gasteiger partial charge on any atom is 0.153 e. The lowest BCUT2D eigenvalue weighted by molar-refractivity contribution is -0.104. The molecule has 2 saturated heterocycles. The normalized spacial score (nSPS) is 17.0. The number of aldehydes is 2. The summed E-state index contributed by atoms with van der Waals surface area (Å²) in [6, 6.07) is 6.76. The van der Waals surface area contributed by atoms with E-state index in [9.17, 15) is 9.59 Å². The summed E-state index contributed by atoms with van der Waals surface area (Å²) in [6.45, 7) is 21.3. The molecule has 1 unspecified atom stereocenters. The average molecular weight is 579 g/mol. The van der Waals surface area contributed by atoms with Crippen LogP contribution in [-0.4, -0.2) is 91.8 Å². The first kappa shape index (κ1) is 34.8. The third-order valence-corrected chi connectivity index (χ3v) is 7.84. The molecule has 0 aromatic carbocycles. The van der Waals surface area contributed by atoms with Crippen LogP contribution in [0.15, 0.2) is 60.3 Å². The number of allylic oxidation sites excluding steroid dienone is 3. The number of piperazine rings is 1. The molecule has 0 saturated carbocycles. The van der Waals surface area contributed by atoms with Gasteiger partial charge in [-0.3, -0.25) is 14.3 Å². The van der Waals surface area contributed by atoms with Crippen LogP contribution in [0.3, 0.4) is 0 Å². The van der Waals surface area contributed by atoms with Gasteiger partial charge in [-0.15, -0.1) is 0 Å². The number of pyridine rings is 1. The predicted octanol–water partition coefficient (Wildman–Crippen LogP) is 4.60. The minimum absolute atomic E-state index is 0.215. The Morgan fingerprint density at radius 3 is 2.33 bits per heavy atom. The average Bonchev–Trinajstić information content (AvgIpc) is 3.43. The molecule has 1 atom stereocenters. The van der Waals surface area contributed by atoms with E-state index in [0.29, 0.717) is 18.0 Å². The number of ether oxygens (including phenoxy) is 1. The monoisotopic (exact) mass is 578 g/mol.